The molecule has 0 aliphatic heterocycles. The minimum Gasteiger partial charge on any atom is -0.449 e. The number of carbonyl (C=O) groups is 1. The van der Waals surface area contributed by atoms with Crippen molar-refractivity contribution in [2.75, 3.05) is 6.61 Å². The highest BCUT2D eigenvalue weighted by Crippen LogP contribution is 1.94. The van der Waals surface area contributed by atoms with Crippen LogP contribution >= 0.6 is 0 Å². The number of hydrogen-bond acceptors (Lipinski definition) is 3. The third-order valence-corrected chi connectivity index (χ3v) is 1.53. The SMILES string of the molecule is CC(C)COC(=O)NCc1ccn[nH]1. The van der Waals surface area contributed by atoms with E-state index in [9.17, 15) is 4.79 Å². The molecule has 14 heavy (non-hydrogen) atoms. The van der Waals surface area contributed by atoms with Crippen LogP contribution in [-0.4, -0.2) is 22.9 Å². The Morgan fingerprint density at radius 2 is 2.50 bits per heavy atom. The number of alkyl carbamates (subject to hydrolysis) is 1. The van der Waals surface area contributed by atoms with Gasteiger partial charge in [-0.15, -0.1) is 0 Å². The van der Waals surface area contributed by atoms with Gasteiger partial charge in [-0.1, -0.05) is 13.8 Å². The Labute approximate surface area is 82.8 Å². The molecule has 1 aromatic rings. The largest absolute Gasteiger partial charge is 0.449 e. The van der Waals surface area contributed by atoms with E-state index in [1.165, 1.54) is 0 Å². The van der Waals surface area contributed by atoms with Crippen molar-refractivity contribution < 1.29 is 9.53 Å². The molecule has 1 amide bonds. The van der Waals surface area contributed by atoms with Crippen LogP contribution in [0.3, 0.4) is 0 Å². The molecular weight excluding hydrogens is 182 g/mol. The Morgan fingerprint density at radius 1 is 1.71 bits per heavy atom. The lowest BCUT2D eigenvalue weighted by atomic mass is 10.2. The first kappa shape index (κ1) is 10.6. The molecule has 0 saturated carbocycles. The highest BCUT2D eigenvalue weighted by molar-refractivity contribution is 5.67. The number of rotatable bonds is 4. The van der Waals surface area contributed by atoms with Gasteiger partial charge in [-0.2, -0.15) is 5.10 Å². The van der Waals surface area contributed by atoms with E-state index in [-0.39, 0.29) is 0 Å². The Hall–Kier alpha value is -1.52. The van der Waals surface area contributed by atoms with Crippen LogP contribution in [0.4, 0.5) is 4.79 Å². The average molecular weight is 197 g/mol. The maximum atomic E-state index is 11.1. The quantitative estimate of drug-likeness (QED) is 0.764. The number of nitrogens with zero attached hydrogens (tertiary/aromatic N) is 1. The first-order valence-electron chi connectivity index (χ1n) is 4.57. The molecule has 2 N–H and O–H groups in total. The van der Waals surface area contributed by atoms with Gasteiger partial charge in [0, 0.05) is 6.20 Å². The van der Waals surface area contributed by atoms with E-state index >= 15 is 0 Å². The Bertz CT molecular complexity index is 270. The number of hydrogen-bond donors (Lipinski definition) is 2. The van der Waals surface area contributed by atoms with Gasteiger partial charge in [-0.25, -0.2) is 4.79 Å². The number of carbonyl (C=O) groups excluding carboxylic acids is 1. The fourth-order valence-corrected chi connectivity index (χ4v) is 0.844. The van der Waals surface area contributed by atoms with Crippen molar-refractivity contribution in [3.63, 3.8) is 0 Å². The minimum absolute atomic E-state index is 0.355. The smallest absolute Gasteiger partial charge is 0.407 e. The Kier molecular flexibility index (Phi) is 3.97. The summed E-state index contributed by atoms with van der Waals surface area (Å²) in [7, 11) is 0. The molecule has 1 aromatic heterocycles. The standard InChI is InChI=1S/C9H15N3O2/c1-7(2)6-14-9(13)10-5-8-3-4-11-12-8/h3-4,7H,5-6H2,1-2H3,(H,10,13)(H,11,12). The monoisotopic (exact) mass is 197 g/mol. The summed E-state index contributed by atoms with van der Waals surface area (Å²) in [5, 5.41) is 9.10. The van der Waals surface area contributed by atoms with Gasteiger partial charge in [0.25, 0.3) is 0 Å². The highest BCUT2D eigenvalue weighted by atomic mass is 16.5. The van der Waals surface area contributed by atoms with Gasteiger partial charge in [-0.3, -0.25) is 5.10 Å². The van der Waals surface area contributed by atoms with Gasteiger partial charge in [0.1, 0.15) is 0 Å². The van der Waals surface area contributed by atoms with E-state index < -0.39 is 6.09 Å². The lowest BCUT2D eigenvalue weighted by Crippen LogP contribution is -2.25. The summed E-state index contributed by atoms with van der Waals surface area (Å²) in [5.41, 5.74) is 0.853. The number of nitrogens with one attached hydrogen (secondary N) is 2. The fourth-order valence-electron chi connectivity index (χ4n) is 0.844. The van der Waals surface area contributed by atoms with Gasteiger partial charge in [0.2, 0.25) is 0 Å². The Balaban J connectivity index is 2.15. The molecule has 5 heteroatoms. The third kappa shape index (κ3) is 3.93. The number of H-pyrrole nitrogens is 1. The second-order valence-corrected chi connectivity index (χ2v) is 3.43. The summed E-state index contributed by atoms with van der Waals surface area (Å²) in [6, 6.07) is 1.79. The van der Waals surface area contributed by atoms with Crippen LogP contribution in [0.1, 0.15) is 19.5 Å². The number of aromatic nitrogens is 2. The molecule has 0 fully saturated rings. The Morgan fingerprint density at radius 3 is 3.07 bits per heavy atom. The maximum absolute atomic E-state index is 11.1. The van der Waals surface area contributed by atoms with E-state index in [4.69, 9.17) is 4.74 Å². The van der Waals surface area contributed by atoms with Crippen LogP contribution in [-0.2, 0) is 11.3 Å². The predicted octanol–water partition coefficient (Wildman–Crippen LogP) is 1.29. The summed E-state index contributed by atoms with van der Waals surface area (Å²) in [5.74, 6) is 0.355. The zero-order valence-corrected chi connectivity index (χ0v) is 8.41. The van der Waals surface area contributed by atoms with E-state index in [1.807, 2.05) is 13.8 Å². The van der Waals surface area contributed by atoms with Gasteiger partial charge in [0.05, 0.1) is 18.8 Å². The van der Waals surface area contributed by atoms with Gasteiger partial charge in [0.15, 0.2) is 0 Å². The minimum atomic E-state index is -0.395. The molecule has 0 saturated heterocycles. The topological polar surface area (TPSA) is 67.0 Å². The summed E-state index contributed by atoms with van der Waals surface area (Å²) in [6.45, 7) is 4.83. The molecule has 0 aliphatic carbocycles. The average Bonchev–Trinajstić information content (AvgIpc) is 2.63. The lowest BCUT2D eigenvalue weighted by Gasteiger charge is -2.07. The van der Waals surface area contributed by atoms with Crippen molar-refractivity contribution in [2.24, 2.45) is 5.92 Å². The van der Waals surface area contributed by atoms with E-state index in [0.717, 1.165) is 5.69 Å². The van der Waals surface area contributed by atoms with Gasteiger partial charge >= 0.3 is 6.09 Å². The molecule has 0 bridgehead atoms. The summed E-state index contributed by atoms with van der Waals surface area (Å²) >= 11 is 0. The van der Waals surface area contributed by atoms with Crippen molar-refractivity contribution >= 4 is 6.09 Å². The molecule has 0 atom stereocenters. The number of aromatic amines is 1. The van der Waals surface area contributed by atoms with E-state index in [1.54, 1.807) is 12.3 Å². The molecule has 1 heterocycles. The van der Waals surface area contributed by atoms with Crippen LogP contribution in [0.25, 0.3) is 0 Å². The van der Waals surface area contributed by atoms with Crippen LogP contribution in [0.5, 0.6) is 0 Å². The van der Waals surface area contributed by atoms with Crippen LogP contribution in [0, 0.1) is 5.92 Å². The highest BCUT2D eigenvalue weighted by Gasteiger charge is 2.03. The first-order chi connectivity index (χ1) is 6.68. The molecule has 1 rings (SSSR count). The molecule has 0 unspecified atom stereocenters. The summed E-state index contributed by atoms with van der Waals surface area (Å²) < 4.78 is 4.92. The van der Waals surface area contributed by atoms with Crippen LogP contribution < -0.4 is 5.32 Å². The lowest BCUT2D eigenvalue weighted by molar-refractivity contribution is 0.132. The maximum Gasteiger partial charge on any atom is 0.407 e. The molecule has 0 aromatic carbocycles. The molecule has 0 aliphatic rings. The molecular formula is C9H15N3O2. The third-order valence-electron chi connectivity index (χ3n) is 1.53. The van der Waals surface area contributed by atoms with Crippen molar-refractivity contribution in [3.05, 3.63) is 18.0 Å². The molecule has 0 radical (unpaired) electrons. The van der Waals surface area contributed by atoms with Crippen LogP contribution in [0.2, 0.25) is 0 Å². The van der Waals surface area contributed by atoms with Crippen molar-refractivity contribution in [2.45, 2.75) is 20.4 Å². The summed E-state index contributed by atoms with van der Waals surface area (Å²) in [6.07, 6.45) is 1.24. The second kappa shape index (κ2) is 5.26. The molecule has 5 nitrogen and oxygen atoms in total. The fraction of sp³-hybridized carbons (Fsp3) is 0.556. The zero-order valence-electron chi connectivity index (χ0n) is 8.41. The molecule has 78 valence electrons. The van der Waals surface area contributed by atoms with Gasteiger partial charge < -0.3 is 10.1 Å². The second-order valence-electron chi connectivity index (χ2n) is 3.43. The summed E-state index contributed by atoms with van der Waals surface area (Å²) in [4.78, 5) is 11.1. The van der Waals surface area contributed by atoms with Crippen molar-refractivity contribution in [3.8, 4) is 0 Å². The van der Waals surface area contributed by atoms with Crippen molar-refractivity contribution in [1.29, 1.82) is 0 Å². The van der Waals surface area contributed by atoms with Gasteiger partial charge in [-0.05, 0) is 12.0 Å². The normalized spacial score (nSPS) is 10.2. The van der Waals surface area contributed by atoms with E-state index in [0.29, 0.717) is 19.1 Å². The zero-order chi connectivity index (χ0) is 10.4. The number of ether oxygens (including phenoxy) is 1. The van der Waals surface area contributed by atoms with E-state index in [2.05, 4.69) is 15.5 Å². The molecule has 0 spiro atoms. The van der Waals surface area contributed by atoms with Crippen LogP contribution in [0.15, 0.2) is 12.3 Å². The predicted molar refractivity (Wildman–Crippen MR) is 51.6 cm³/mol. The van der Waals surface area contributed by atoms with Crippen molar-refractivity contribution in [1.82, 2.24) is 15.5 Å². The first-order valence-corrected chi connectivity index (χ1v) is 4.57. The number of amides is 1.